The minimum absolute atomic E-state index is 0.0711. The summed E-state index contributed by atoms with van der Waals surface area (Å²) in [6.45, 7) is 3.21. The lowest BCUT2D eigenvalue weighted by Gasteiger charge is -2.08. The second-order valence-electron chi connectivity index (χ2n) is 3.75. The number of amidine groups is 1. The first-order valence-corrected chi connectivity index (χ1v) is 5.51. The van der Waals surface area contributed by atoms with Gasteiger partial charge in [-0.05, 0) is 18.7 Å². The molecule has 7 heteroatoms. The smallest absolute Gasteiger partial charge is 0.172 e. The molecule has 0 aliphatic heterocycles. The number of hydrogen-bond acceptors (Lipinski definition) is 4. The summed E-state index contributed by atoms with van der Waals surface area (Å²) in [4.78, 5) is 4.00. The summed E-state index contributed by atoms with van der Waals surface area (Å²) in [5.41, 5.74) is 6.74. The molecule has 18 heavy (non-hydrogen) atoms. The number of nitrogens with one attached hydrogen (secondary N) is 1. The third-order valence-corrected chi connectivity index (χ3v) is 2.63. The topological polar surface area (TPSA) is 88.5 Å². The second-order valence-corrected chi connectivity index (χ2v) is 3.75. The summed E-state index contributed by atoms with van der Waals surface area (Å²) >= 11 is 0. The lowest BCUT2D eigenvalue weighted by Crippen LogP contribution is -2.19. The van der Waals surface area contributed by atoms with Gasteiger partial charge in [-0.2, -0.15) is 0 Å². The number of benzene rings is 1. The Hall–Kier alpha value is -2.15. The van der Waals surface area contributed by atoms with Crippen LogP contribution in [0.15, 0.2) is 23.6 Å². The number of rotatable bonds is 4. The number of oxime groups is 1. The van der Waals surface area contributed by atoms with Crippen molar-refractivity contribution in [1.82, 2.24) is 14.9 Å². The summed E-state index contributed by atoms with van der Waals surface area (Å²) in [5, 5.41) is 14.8. The van der Waals surface area contributed by atoms with Gasteiger partial charge in [-0.25, -0.2) is 9.37 Å². The number of nitrogens with zero attached hydrogens (tertiary/aromatic N) is 3. The van der Waals surface area contributed by atoms with E-state index in [1.807, 2.05) is 6.92 Å². The number of halogens is 1. The Morgan fingerprint density at radius 2 is 2.39 bits per heavy atom. The van der Waals surface area contributed by atoms with Gasteiger partial charge >= 0.3 is 0 Å². The number of nitrogens with two attached hydrogens (primary N) is 1. The molecule has 0 atom stereocenters. The second kappa shape index (κ2) is 5.01. The predicted octanol–water partition coefficient (Wildman–Crippen LogP) is 0.837. The van der Waals surface area contributed by atoms with E-state index in [1.54, 1.807) is 4.57 Å². The van der Waals surface area contributed by atoms with E-state index in [9.17, 15) is 4.39 Å². The molecule has 4 N–H and O–H groups in total. The quantitative estimate of drug-likeness (QED) is 0.325. The Balaban J connectivity index is 2.63. The van der Waals surface area contributed by atoms with Crippen molar-refractivity contribution >= 4 is 16.9 Å². The van der Waals surface area contributed by atoms with Crippen LogP contribution in [0.2, 0.25) is 0 Å². The zero-order valence-corrected chi connectivity index (χ0v) is 9.89. The molecule has 0 radical (unpaired) electrons. The van der Waals surface area contributed by atoms with E-state index in [2.05, 4.69) is 15.5 Å². The minimum atomic E-state index is -0.435. The summed E-state index contributed by atoms with van der Waals surface area (Å²) in [6.07, 6.45) is 1.52. The standard InChI is InChI=1S/C11H14FN5O/c1-2-14-5-17-6-15-9-8(12)4-3-7(10(9)17)11(13)16-18/h3-4,6,14,18H,2,5H2,1H3,(H2,13,16). The van der Waals surface area contributed by atoms with Crippen molar-refractivity contribution in [2.75, 3.05) is 6.54 Å². The van der Waals surface area contributed by atoms with Crippen LogP contribution in [-0.4, -0.2) is 27.1 Å². The molecule has 0 spiro atoms. The van der Waals surface area contributed by atoms with Crippen LogP contribution in [0.5, 0.6) is 0 Å². The van der Waals surface area contributed by atoms with Gasteiger partial charge in [-0.1, -0.05) is 12.1 Å². The fourth-order valence-electron chi connectivity index (χ4n) is 1.77. The summed E-state index contributed by atoms with van der Waals surface area (Å²) in [5.74, 6) is -0.506. The maximum absolute atomic E-state index is 13.6. The number of fused-ring (bicyclic) bond motifs is 1. The normalized spacial score (nSPS) is 12.2. The molecule has 1 aromatic heterocycles. The van der Waals surface area contributed by atoms with E-state index in [0.29, 0.717) is 17.7 Å². The van der Waals surface area contributed by atoms with Crippen LogP contribution in [0.4, 0.5) is 4.39 Å². The molecule has 1 aromatic carbocycles. The molecule has 0 amide bonds. The highest BCUT2D eigenvalue weighted by Gasteiger charge is 2.14. The van der Waals surface area contributed by atoms with Gasteiger partial charge in [0.1, 0.15) is 5.52 Å². The minimum Gasteiger partial charge on any atom is -0.409 e. The van der Waals surface area contributed by atoms with E-state index >= 15 is 0 Å². The van der Waals surface area contributed by atoms with Crippen molar-refractivity contribution in [3.8, 4) is 0 Å². The highest BCUT2D eigenvalue weighted by molar-refractivity contribution is 6.07. The SMILES string of the molecule is CCNCn1cnc2c(F)ccc(C(N)=NO)c21. The molecule has 1 heterocycles. The highest BCUT2D eigenvalue weighted by Crippen LogP contribution is 2.20. The molecule has 96 valence electrons. The third-order valence-electron chi connectivity index (χ3n) is 2.63. The Labute approximate surface area is 103 Å². The lowest BCUT2D eigenvalue weighted by molar-refractivity contribution is 0.318. The lowest BCUT2D eigenvalue weighted by atomic mass is 10.1. The fraction of sp³-hybridized carbons (Fsp3) is 0.273. The Bertz CT molecular complexity index is 592. The summed E-state index contributed by atoms with van der Waals surface area (Å²) in [7, 11) is 0. The van der Waals surface area contributed by atoms with E-state index in [1.165, 1.54) is 18.5 Å². The predicted molar refractivity (Wildman–Crippen MR) is 65.9 cm³/mol. The molecule has 0 aliphatic rings. The van der Waals surface area contributed by atoms with Gasteiger partial charge in [-0.3, -0.25) is 5.32 Å². The van der Waals surface area contributed by atoms with Crippen molar-refractivity contribution in [3.05, 3.63) is 29.8 Å². The molecular weight excluding hydrogens is 237 g/mol. The van der Waals surface area contributed by atoms with Crippen LogP contribution in [0, 0.1) is 5.82 Å². The van der Waals surface area contributed by atoms with Gasteiger partial charge in [0, 0.05) is 5.56 Å². The van der Waals surface area contributed by atoms with Crippen molar-refractivity contribution in [3.63, 3.8) is 0 Å². The van der Waals surface area contributed by atoms with E-state index < -0.39 is 5.82 Å². The molecule has 0 unspecified atom stereocenters. The summed E-state index contributed by atoms with van der Waals surface area (Å²) in [6, 6.07) is 2.72. The highest BCUT2D eigenvalue weighted by atomic mass is 19.1. The first kappa shape index (κ1) is 12.3. The van der Waals surface area contributed by atoms with Crippen molar-refractivity contribution < 1.29 is 9.60 Å². The van der Waals surface area contributed by atoms with Gasteiger partial charge in [0.2, 0.25) is 0 Å². The monoisotopic (exact) mass is 251 g/mol. The Morgan fingerprint density at radius 3 is 3.06 bits per heavy atom. The largest absolute Gasteiger partial charge is 0.409 e. The van der Waals surface area contributed by atoms with Crippen LogP contribution in [0.25, 0.3) is 11.0 Å². The number of imidazole rings is 1. The van der Waals surface area contributed by atoms with Crippen LogP contribution >= 0.6 is 0 Å². The maximum Gasteiger partial charge on any atom is 0.172 e. The molecule has 0 saturated carbocycles. The zero-order valence-electron chi connectivity index (χ0n) is 9.89. The van der Waals surface area contributed by atoms with Gasteiger partial charge < -0.3 is 15.5 Å². The van der Waals surface area contributed by atoms with Crippen molar-refractivity contribution in [2.24, 2.45) is 10.9 Å². The van der Waals surface area contributed by atoms with Gasteiger partial charge in [0.25, 0.3) is 0 Å². The fourth-order valence-corrected chi connectivity index (χ4v) is 1.77. The molecule has 0 fully saturated rings. The first-order chi connectivity index (χ1) is 8.69. The maximum atomic E-state index is 13.6. The van der Waals surface area contributed by atoms with Gasteiger partial charge in [-0.15, -0.1) is 0 Å². The zero-order chi connectivity index (χ0) is 13.1. The van der Waals surface area contributed by atoms with Gasteiger partial charge in [0.05, 0.1) is 18.5 Å². The molecule has 0 bridgehead atoms. The molecule has 0 saturated heterocycles. The number of aromatic nitrogens is 2. The third kappa shape index (κ3) is 2.00. The Kier molecular flexibility index (Phi) is 3.42. The van der Waals surface area contributed by atoms with Crippen LogP contribution in [-0.2, 0) is 6.67 Å². The molecule has 2 rings (SSSR count). The van der Waals surface area contributed by atoms with Crippen molar-refractivity contribution in [1.29, 1.82) is 0 Å². The van der Waals surface area contributed by atoms with Gasteiger partial charge in [0.15, 0.2) is 11.7 Å². The van der Waals surface area contributed by atoms with Crippen molar-refractivity contribution in [2.45, 2.75) is 13.6 Å². The molecular formula is C11H14FN5O. The van der Waals surface area contributed by atoms with Crippen LogP contribution < -0.4 is 11.1 Å². The molecule has 2 aromatic rings. The first-order valence-electron chi connectivity index (χ1n) is 5.51. The van der Waals surface area contributed by atoms with E-state index in [0.717, 1.165) is 6.54 Å². The Morgan fingerprint density at radius 1 is 1.61 bits per heavy atom. The van der Waals surface area contributed by atoms with Crippen LogP contribution in [0.1, 0.15) is 12.5 Å². The van der Waals surface area contributed by atoms with Crippen LogP contribution in [0.3, 0.4) is 0 Å². The number of hydrogen-bond donors (Lipinski definition) is 3. The van der Waals surface area contributed by atoms with E-state index in [-0.39, 0.29) is 11.4 Å². The average molecular weight is 251 g/mol. The molecule has 0 aliphatic carbocycles. The average Bonchev–Trinajstić information content (AvgIpc) is 2.81. The summed E-state index contributed by atoms with van der Waals surface area (Å²) < 4.78 is 15.3. The molecule has 6 nitrogen and oxygen atoms in total. The van der Waals surface area contributed by atoms with E-state index in [4.69, 9.17) is 10.9 Å².